The molecule has 2 N–H and O–H groups in total. The Hall–Kier alpha value is -3.34. The molecule has 0 bridgehead atoms. The van der Waals surface area contributed by atoms with Crippen LogP contribution in [0.15, 0.2) is 42.5 Å². The fourth-order valence-electron chi connectivity index (χ4n) is 7.37. The number of carbonyl (C=O) groups is 3. The Morgan fingerprint density at radius 3 is 2.25 bits per heavy atom. The molecule has 264 valence electrons. The van der Waals surface area contributed by atoms with Crippen LogP contribution < -0.4 is 14.8 Å². The maximum atomic E-state index is 13.8. The lowest BCUT2D eigenvalue weighted by molar-refractivity contribution is -0.165. The third-order valence-corrected chi connectivity index (χ3v) is 10.4. The highest BCUT2D eigenvalue weighted by atomic mass is 35.5. The lowest BCUT2D eigenvalue weighted by Crippen LogP contribution is -2.75. The predicted molar refractivity (Wildman–Crippen MR) is 188 cm³/mol. The molecule has 3 amide bonds. The van der Waals surface area contributed by atoms with Gasteiger partial charge in [-0.25, -0.2) is 0 Å². The van der Waals surface area contributed by atoms with Crippen LogP contribution >= 0.6 is 12.4 Å². The first-order valence-corrected chi connectivity index (χ1v) is 17.5. The summed E-state index contributed by atoms with van der Waals surface area (Å²) in [7, 11) is 1.57. The van der Waals surface area contributed by atoms with Crippen LogP contribution in [0.4, 0.5) is 0 Å². The number of piperazine rings is 1. The van der Waals surface area contributed by atoms with E-state index in [2.05, 4.69) is 17.1 Å². The Kier molecular flexibility index (Phi) is 13.2. The van der Waals surface area contributed by atoms with Gasteiger partial charge in [0.15, 0.2) is 11.5 Å². The molecule has 5 rings (SSSR count). The lowest BCUT2D eigenvalue weighted by Gasteiger charge is -2.52. The maximum absolute atomic E-state index is 13.8. The minimum absolute atomic E-state index is 0. The molecule has 2 aromatic rings. The van der Waals surface area contributed by atoms with Crippen molar-refractivity contribution in [3.05, 3.63) is 53.6 Å². The minimum Gasteiger partial charge on any atom is -0.493 e. The van der Waals surface area contributed by atoms with Gasteiger partial charge in [-0.3, -0.25) is 19.3 Å². The molecule has 0 radical (unpaired) electrons. The van der Waals surface area contributed by atoms with Crippen molar-refractivity contribution in [3.63, 3.8) is 0 Å². The van der Waals surface area contributed by atoms with E-state index >= 15 is 0 Å². The highest BCUT2D eigenvalue weighted by Crippen LogP contribution is 2.36. The number of methoxy groups -OCH3 is 1. The number of hydrogen-bond donors (Lipinski definition) is 2. The molecule has 3 aliphatic rings. The summed E-state index contributed by atoms with van der Waals surface area (Å²) in [6.07, 6.45) is 5.55. The molecule has 3 fully saturated rings. The third kappa shape index (κ3) is 7.92. The van der Waals surface area contributed by atoms with Crippen molar-refractivity contribution in [2.24, 2.45) is 5.92 Å². The first-order valence-electron chi connectivity index (χ1n) is 17.5. The van der Waals surface area contributed by atoms with Gasteiger partial charge in [-0.15, -0.1) is 12.4 Å². The zero-order chi connectivity index (χ0) is 33.6. The monoisotopic (exact) mass is 684 g/mol. The van der Waals surface area contributed by atoms with Gasteiger partial charge in [-0.05, 0) is 73.9 Å². The topological polar surface area (TPSA) is 112 Å². The van der Waals surface area contributed by atoms with Gasteiger partial charge in [-0.1, -0.05) is 52.2 Å². The third-order valence-electron chi connectivity index (χ3n) is 10.4. The average molecular weight is 685 g/mol. The van der Waals surface area contributed by atoms with E-state index < -0.39 is 17.7 Å². The summed E-state index contributed by atoms with van der Waals surface area (Å²) >= 11 is 0. The molecule has 2 aromatic carbocycles. The molecule has 0 aromatic heterocycles. The van der Waals surface area contributed by atoms with E-state index in [1.165, 1.54) is 0 Å². The van der Waals surface area contributed by atoms with Crippen molar-refractivity contribution in [1.82, 2.24) is 20.0 Å². The van der Waals surface area contributed by atoms with Crippen molar-refractivity contribution < 1.29 is 29.0 Å². The number of aliphatic hydroxyl groups excluding tert-OH is 1. The number of unbranched alkanes of at least 4 members (excludes halogenated alkanes) is 1. The number of likely N-dealkylation sites (tertiary alicyclic amines) is 2. The van der Waals surface area contributed by atoms with Crippen LogP contribution in [-0.2, 0) is 16.1 Å². The normalized spacial score (nSPS) is 20.1. The van der Waals surface area contributed by atoms with Crippen LogP contribution in [0.2, 0.25) is 0 Å². The summed E-state index contributed by atoms with van der Waals surface area (Å²) in [5.74, 6) is 1.42. The number of hydrogen-bond acceptors (Lipinski definition) is 7. The van der Waals surface area contributed by atoms with Crippen LogP contribution in [0, 0.1) is 5.92 Å². The molecule has 2 atom stereocenters. The molecule has 3 aliphatic heterocycles. The van der Waals surface area contributed by atoms with Gasteiger partial charge in [0, 0.05) is 44.8 Å². The van der Waals surface area contributed by atoms with Gasteiger partial charge in [0.2, 0.25) is 11.8 Å². The minimum atomic E-state index is -0.889. The summed E-state index contributed by atoms with van der Waals surface area (Å²) in [6, 6.07) is 12.3. The van der Waals surface area contributed by atoms with Crippen molar-refractivity contribution in [2.45, 2.75) is 96.4 Å². The van der Waals surface area contributed by atoms with Gasteiger partial charge in [0.05, 0.1) is 13.2 Å². The number of aliphatic hydroxyl groups is 1. The lowest BCUT2D eigenvalue weighted by atomic mass is 9.79. The van der Waals surface area contributed by atoms with Crippen LogP contribution in [-0.4, -0.2) is 95.0 Å². The SMILES string of the molecule is CCCCN1C(=O)[C@@H]([C@H](O)C(CC)CC)NC(=O)C12CCN(Cc1ccc(Oc3ccc(C(=O)N4CCCC4)cc3OC)cc1)CC2.Cl. The van der Waals surface area contributed by atoms with Crippen molar-refractivity contribution in [2.75, 3.05) is 39.8 Å². The smallest absolute Gasteiger partial charge is 0.253 e. The number of benzene rings is 2. The van der Waals surface area contributed by atoms with Gasteiger partial charge in [0.25, 0.3) is 5.91 Å². The van der Waals surface area contributed by atoms with Crippen LogP contribution in [0.25, 0.3) is 0 Å². The van der Waals surface area contributed by atoms with Crippen LogP contribution in [0.5, 0.6) is 17.2 Å². The van der Waals surface area contributed by atoms with Crippen LogP contribution in [0.1, 0.15) is 88.1 Å². The molecule has 48 heavy (non-hydrogen) atoms. The van der Waals surface area contributed by atoms with E-state index in [9.17, 15) is 19.5 Å². The van der Waals surface area contributed by atoms with E-state index in [1.807, 2.05) is 43.0 Å². The van der Waals surface area contributed by atoms with Crippen molar-refractivity contribution in [1.29, 1.82) is 0 Å². The number of ether oxygens (including phenoxy) is 2. The average Bonchev–Trinajstić information content (AvgIpc) is 3.64. The first kappa shape index (κ1) is 37.5. The second-order valence-corrected chi connectivity index (χ2v) is 13.3. The number of nitrogens with zero attached hydrogens (tertiary/aromatic N) is 3. The quantitative estimate of drug-likeness (QED) is 0.291. The van der Waals surface area contributed by atoms with Crippen molar-refractivity contribution in [3.8, 4) is 17.2 Å². The number of nitrogens with one attached hydrogen (secondary N) is 1. The Balaban J connectivity index is 0.00000520. The van der Waals surface area contributed by atoms with Gasteiger partial charge in [-0.2, -0.15) is 0 Å². The summed E-state index contributed by atoms with van der Waals surface area (Å²) in [5.41, 5.74) is 0.836. The summed E-state index contributed by atoms with van der Waals surface area (Å²) in [4.78, 5) is 46.4. The predicted octanol–water partition coefficient (Wildman–Crippen LogP) is 5.40. The number of amides is 3. The fraction of sp³-hybridized carbons (Fsp3) is 0.595. The second-order valence-electron chi connectivity index (χ2n) is 13.3. The van der Waals surface area contributed by atoms with E-state index in [0.29, 0.717) is 61.8 Å². The summed E-state index contributed by atoms with van der Waals surface area (Å²) < 4.78 is 11.7. The molecule has 0 unspecified atom stereocenters. The summed E-state index contributed by atoms with van der Waals surface area (Å²) in [6.45, 7) is 10.3. The molecule has 10 nitrogen and oxygen atoms in total. The van der Waals surface area contributed by atoms with Crippen molar-refractivity contribution >= 4 is 30.1 Å². The Labute approximate surface area is 291 Å². The van der Waals surface area contributed by atoms with E-state index in [1.54, 1.807) is 30.2 Å². The summed E-state index contributed by atoms with van der Waals surface area (Å²) in [5, 5.41) is 14.0. The first-order chi connectivity index (χ1) is 22.7. The molecule has 3 heterocycles. The second kappa shape index (κ2) is 16.9. The largest absolute Gasteiger partial charge is 0.493 e. The number of halogens is 1. The number of rotatable bonds is 13. The van der Waals surface area contributed by atoms with Gasteiger partial charge < -0.3 is 29.7 Å². The zero-order valence-electron chi connectivity index (χ0n) is 28.9. The van der Waals surface area contributed by atoms with E-state index in [4.69, 9.17) is 9.47 Å². The molecular weight excluding hydrogens is 632 g/mol. The standard InChI is InChI=1S/C37H52N4O6.ClH/c1-5-8-21-41-35(44)32(33(42)27(6-2)7-3)38-36(45)37(41)17-22-39(23-18-37)25-26-11-14-29(15-12-26)47-30-16-13-28(24-31(30)46-4)34(43)40-19-9-10-20-40;/h11-16,24,27,32-33,42H,5-10,17-23,25H2,1-4H3,(H,38,45);1H/t32-,33-;/m1./s1. The van der Waals surface area contributed by atoms with E-state index in [-0.39, 0.29) is 36.0 Å². The molecule has 11 heteroatoms. The van der Waals surface area contributed by atoms with Gasteiger partial charge in [0.1, 0.15) is 17.3 Å². The Bertz CT molecular complexity index is 1390. The number of piperidine rings is 1. The Morgan fingerprint density at radius 1 is 0.979 bits per heavy atom. The van der Waals surface area contributed by atoms with Crippen LogP contribution in [0.3, 0.4) is 0 Å². The molecule has 0 aliphatic carbocycles. The fourth-order valence-corrected chi connectivity index (χ4v) is 7.37. The van der Waals surface area contributed by atoms with E-state index in [0.717, 1.165) is 57.2 Å². The molecule has 1 spiro atoms. The highest BCUT2D eigenvalue weighted by molar-refractivity contribution is 6.00. The Morgan fingerprint density at radius 2 is 1.65 bits per heavy atom. The highest BCUT2D eigenvalue weighted by Gasteiger charge is 2.55. The molecular formula is C37H53ClN4O6. The number of carbonyl (C=O) groups excluding carboxylic acids is 3. The molecule has 3 saturated heterocycles. The van der Waals surface area contributed by atoms with Gasteiger partial charge >= 0.3 is 0 Å². The molecule has 0 saturated carbocycles. The zero-order valence-corrected chi connectivity index (χ0v) is 29.7. The maximum Gasteiger partial charge on any atom is 0.253 e.